The molecule has 0 aliphatic carbocycles. The molecule has 0 unspecified atom stereocenters. The third-order valence-corrected chi connectivity index (χ3v) is 2.92. The van der Waals surface area contributed by atoms with E-state index >= 15 is 0 Å². The molecule has 0 saturated carbocycles. The Bertz CT molecular complexity index is 547. The summed E-state index contributed by atoms with van der Waals surface area (Å²) in [6, 6.07) is 5.19. The van der Waals surface area contributed by atoms with E-state index < -0.39 is 5.60 Å². The molecule has 0 bridgehead atoms. The van der Waals surface area contributed by atoms with Crippen molar-refractivity contribution in [1.82, 2.24) is 0 Å². The number of halogens is 1. The van der Waals surface area contributed by atoms with E-state index in [9.17, 15) is 9.59 Å². The van der Waals surface area contributed by atoms with E-state index in [1.807, 2.05) is 20.8 Å². The quantitative estimate of drug-likeness (QED) is 0.666. The van der Waals surface area contributed by atoms with E-state index in [0.29, 0.717) is 22.7 Å². The summed E-state index contributed by atoms with van der Waals surface area (Å²) >= 11 is 6.14. The SMILES string of the molecule is C=CC(=O)Nc1cccc(Cl)c1CCC(=O)OC(C)(C)C. The fourth-order valence-corrected chi connectivity index (χ4v) is 2.00. The van der Waals surface area contributed by atoms with Crippen LogP contribution in [0.15, 0.2) is 30.9 Å². The van der Waals surface area contributed by atoms with E-state index in [4.69, 9.17) is 16.3 Å². The van der Waals surface area contributed by atoms with Crippen LogP contribution in [0, 0.1) is 0 Å². The highest BCUT2D eigenvalue weighted by Crippen LogP contribution is 2.26. The van der Waals surface area contributed by atoms with Crippen molar-refractivity contribution in [3.63, 3.8) is 0 Å². The topological polar surface area (TPSA) is 55.4 Å². The number of hydrogen-bond acceptors (Lipinski definition) is 3. The second kappa shape index (κ2) is 7.27. The normalized spacial score (nSPS) is 10.9. The van der Waals surface area contributed by atoms with Gasteiger partial charge in [0.2, 0.25) is 5.91 Å². The van der Waals surface area contributed by atoms with Crippen LogP contribution in [0.3, 0.4) is 0 Å². The molecular weight excluding hydrogens is 290 g/mol. The van der Waals surface area contributed by atoms with Gasteiger partial charge >= 0.3 is 5.97 Å². The molecule has 1 N–H and O–H groups in total. The van der Waals surface area contributed by atoms with Crippen molar-refractivity contribution < 1.29 is 14.3 Å². The van der Waals surface area contributed by atoms with Crippen molar-refractivity contribution in [2.24, 2.45) is 0 Å². The van der Waals surface area contributed by atoms with Crippen LogP contribution in [0.4, 0.5) is 5.69 Å². The van der Waals surface area contributed by atoms with E-state index in [1.165, 1.54) is 6.08 Å². The van der Waals surface area contributed by atoms with Gasteiger partial charge in [0.25, 0.3) is 0 Å². The number of anilines is 1. The third kappa shape index (κ3) is 6.00. The van der Waals surface area contributed by atoms with Gasteiger partial charge in [0.1, 0.15) is 5.60 Å². The summed E-state index contributed by atoms with van der Waals surface area (Å²) < 4.78 is 5.26. The van der Waals surface area contributed by atoms with Crippen molar-refractivity contribution in [2.75, 3.05) is 5.32 Å². The Morgan fingerprint density at radius 2 is 2.05 bits per heavy atom. The minimum atomic E-state index is -0.516. The standard InChI is InChI=1S/C16H20ClNO3/c1-5-14(19)18-13-8-6-7-12(17)11(13)9-10-15(20)21-16(2,3)4/h5-8H,1,9-10H2,2-4H3,(H,18,19). The van der Waals surface area contributed by atoms with E-state index in [2.05, 4.69) is 11.9 Å². The summed E-state index contributed by atoms with van der Waals surface area (Å²) in [5.74, 6) is -0.626. The Balaban J connectivity index is 2.80. The molecule has 114 valence electrons. The largest absolute Gasteiger partial charge is 0.460 e. The Labute approximate surface area is 130 Å². The van der Waals surface area contributed by atoms with Crippen molar-refractivity contribution in [3.05, 3.63) is 41.4 Å². The third-order valence-electron chi connectivity index (χ3n) is 2.56. The van der Waals surface area contributed by atoms with Gasteiger partial charge in [0.05, 0.1) is 0 Å². The molecule has 21 heavy (non-hydrogen) atoms. The first-order valence-corrected chi connectivity index (χ1v) is 7.03. The van der Waals surface area contributed by atoms with Gasteiger partial charge in [0.15, 0.2) is 0 Å². The van der Waals surface area contributed by atoms with Crippen LogP contribution in [-0.4, -0.2) is 17.5 Å². The van der Waals surface area contributed by atoms with E-state index in [0.717, 1.165) is 0 Å². The molecule has 0 saturated heterocycles. The van der Waals surface area contributed by atoms with Gasteiger partial charge < -0.3 is 10.1 Å². The molecule has 0 heterocycles. The molecule has 1 aromatic rings. The van der Waals surface area contributed by atoms with E-state index in [-0.39, 0.29) is 18.3 Å². The van der Waals surface area contributed by atoms with Crippen LogP contribution >= 0.6 is 11.6 Å². The van der Waals surface area contributed by atoms with Crippen molar-refractivity contribution in [2.45, 2.75) is 39.2 Å². The van der Waals surface area contributed by atoms with Gasteiger partial charge in [-0.1, -0.05) is 24.2 Å². The molecule has 0 aliphatic rings. The highest BCUT2D eigenvalue weighted by Gasteiger charge is 2.17. The predicted molar refractivity (Wildman–Crippen MR) is 84.4 cm³/mol. The van der Waals surface area contributed by atoms with Crippen molar-refractivity contribution >= 4 is 29.2 Å². The molecule has 1 amide bonds. The summed E-state index contributed by atoms with van der Waals surface area (Å²) in [5.41, 5.74) is 0.772. The highest BCUT2D eigenvalue weighted by molar-refractivity contribution is 6.31. The minimum Gasteiger partial charge on any atom is -0.460 e. The monoisotopic (exact) mass is 309 g/mol. The van der Waals surface area contributed by atoms with Crippen LogP contribution < -0.4 is 5.32 Å². The molecule has 0 spiro atoms. The Morgan fingerprint density at radius 1 is 1.38 bits per heavy atom. The fraction of sp³-hybridized carbons (Fsp3) is 0.375. The molecule has 1 aromatic carbocycles. The zero-order valence-electron chi connectivity index (χ0n) is 12.5. The average Bonchev–Trinajstić information content (AvgIpc) is 2.35. The Kier molecular flexibility index (Phi) is 5.97. The molecular formula is C16H20ClNO3. The van der Waals surface area contributed by atoms with Gasteiger partial charge in [-0.25, -0.2) is 0 Å². The summed E-state index contributed by atoms with van der Waals surface area (Å²) in [6.45, 7) is 8.85. The number of amides is 1. The number of rotatable bonds is 5. The smallest absolute Gasteiger partial charge is 0.306 e. The number of carbonyl (C=O) groups is 2. The number of esters is 1. The van der Waals surface area contributed by atoms with Gasteiger partial charge in [-0.05, 0) is 51.0 Å². The first kappa shape index (κ1) is 17.2. The molecule has 0 aromatic heterocycles. The zero-order valence-corrected chi connectivity index (χ0v) is 13.3. The molecule has 5 heteroatoms. The van der Waals surface area contributed by atoms with Crippen molar-refractivity contribution in [1.29, 1.82) is 0 Å². The molecule has 0 radical (unpaired) electrons. The fourth-order valence-electron chi connectivity index (χ4n) is 1.73. The van der Waals surface area contributed by atoms with Crippen molar-refractivity contribution in [3.8, 4) is 0 Å². The number of hydrogen-bond donors (Lipinski definition) is 1. The van der Waals surface area contributed by atoms with E-state index in [1.54, 1.807) is 18.2 Å². The lowest BCUT2D eigenvalue weighted by Gasteiger charge is -2.19. The summed E-state index contributed by atoms with van der Waals surface area (Å²) in [6.07, 6.45) is 1.76. The predicted octanol–water partition coefficient (Wildman–Crippen LogP) is 3.74. The molecule has 0 atom stereocenters. The van der Waals surface area contributed by atoms with Crippen LogP contribution in [-0.2, 0) is 20.7 Å². The average molecular weight is 310 g/mol. The van der Waals surface area contributed by atoms with Crippen LogP contribution in [0.5, 0.6) is 0 Å². The summed E-state index contributed by atoms with van der Waals surface area (Å²) in [4.78, 5) is 23.2. The van der Waals surface area contributed by atoms with Gasteiger partial charge in [0, 0.05) is 17.1 Å². The Morgan fingerprint density at radius 3 is 2.62 bits per heavy atom. The summed E-state index contributed by atoms with van der Waals surface area (Å²) in [5, 5.41) is 3.18. The Hall–Kier alpha value is -1.81. The second-order valence-electron chi connectivity index (χ2n) is 5.55. The maximum absolute atomic E-state index is 11.8. The molecule has 0 fully saturated rings. The number of ether oxygens (including phenoxy) is 1. The lowest BCUT2D eigenvalue weighted by molar-refractivity contribution is -0.154. The second-order valence-corrected chi connectivity index (χ2v) is 5.95. The van der Waals surface area contributed by atoms with Crippen LogP contribution in [0.2, 0.25) is 5.02 Å². The number of nitrogens with one attached hydrogen (secondary N) is 1. The zero-order chi connectivity index (χ0) is 16.0. The molecule has 1 rings (SSSR count). The lowest BCUT2D eigenvalue weighted by Crippen LogP contribution is -2.24. The number of carbonyl (C=O) groups excluding carboxylic acids is 2. The maximum Gasteiger partial charge on any atom is 0.306 e. The summed E-state index contributed by atoms with van der Waals surface area (Å²) in [7, 11) is 0. The first-order valence-electron chi connectivity index (χ1n) is 6.65. The van der Waals surface area contributed by atoms with Crippen LogP contribution in [0.1, 0.15) is 32.8 Å². The number of benzene rings is 1. The van der Waals surface area contributed by atoms with Gasteiger partial charge in [-0.2, -0.15) is 0 Å². The molecule has 4 nitrogen and oxygen atoms in total. The lowest BCUT2D eigenvalue weighted by atomic mass is 10.1. The van der Waals surface area contributed by atoms with Gasteiger partial charge in [-0.15, -0.1) is 0 Å². The minimum absolute atomic E-state index is 0.192. The molecule has 0 aliphatic heterocycles. The first-order chi connectivity index (χ1) is 9.73. The van der Waals surface area contributed by atoms with Gasteiger partial charge in [-0.3, -0.25) is 9.59 Å². The van der Waals surface area contributed by atoms with Crippen LogP contribution in [0.25, 0.3) is 0 Å². The maximum atomic E-state index is 11.8. The highest BCUT2D eigenvalue weighted by atomic mass is 35.5.